The molecular weight excluding hydrogens is 420 g/mol. The first kappa shape index (κ1) is 21.3. The van der Waals surface area contributed by atoms with Crippen molar-refractivity contribution in [2.75, 3.05) is 5.32 Å². The van der Waals surface area contributed by atoms with E-state index in [0.29, 0.717) is 16.8 Å². The lowest BCUT2D eigenvalue weighted by molar-refractivity contribution is -0.115. The highest BCUT2D eigenvalue weighted by molar-refractivity contribution is 7.99. The number of nitrogens with one attached hydrogen (secondary N) is 1. The van der Waals surface area contributed by atoms with Gasteiger partial charge in [-0.25, -0.2) is 4.98 Å². The predicted octanol–water partition coefficient (Wildman–Crippen LogP) is 7.16. The van der Waals surface area contributed by atoms with Crippen LogP contribution in [0.25, 0.3) is 22.4 Å². The first-order valence-electron chi connectivity index (χ1n) is 10.2. The highest BCUT2D eigenvalue weighted by atomic mass is 32.2. The first-order valence-corrected chi connectivity index (χ1v) is 12.0. The molecule has 0 saturated carbocycles. The average Bonchev–Trinajstić information content (AvgIpc) is 3.24. The van der Waals surface area contributed by atoms with E-state index in [1.807, 2.05) is 47.5 Å². The molecule has 1 aromatic heterocycles. The molecule has 31 heavy (non-hydrogen) atoms. The molecule has 5 heteroatoms. The smallest absolute Gasteiger partial charge is 0.230 e. The zero-order chi connectivity index (χ0) is 21.6. The van der Waals surface area contributed by atoms with Crippen molar-refractivity contribution in [2.24, 2.45) is 0 Å². The quantitative estimate of drug-likeness (QED) is 0.308. The molecule has 1 heterocycles. The fourth-order valence-corrected chi connectivity index (χ4v) is 4.81. The molecule has 3 nitrogen and oxygen atoms in total. The SMILES string of the molecule is CC(C)Sc1ccc(CC(=O)Nc2nc(-c3ccc(-c4ccccc4)cc3)cs2)cc1. The number of thioether (sulfide) groups is 1. The van der Waals surface area contributed by atoms with Crippen LogP contribution < -0.4 is 5.32 Å². The van der Waals surface area contributed by atoms with E-state index in [9.17, 15) is 4.79 Å². The normalized spacial score (nSPS) is 10.9. The van der Waals surface area contributed by atoms with Crippen LogP contribution in [-0.2, 0) is 11.2 Å². The molecule has 0 aliphatic carbocycles. The van der Waals surface area contributed by atoms with Crippen LogP contribution in [0.4, 0.5) is 5.13 Å². The summed E-state index contributed by atoms with van der Waals surface area (Å²) in [6, 6.07) is 26.8. The summed E-state index contributed by atoms with van der Waals surface area (Å²) in [6.45, 7) is 4.35. The second-order valence-corrected chi connectivity index (χ2v) is 10.0. The molecular formula is C26H24N2OS2. The third kappa shape index (κ3) is 5.84. The van der Waals surface area contributed by atoms with Crippen molar-refractivity contribution in [1.82, 2.24) is 4.98 Å². The van der Waals surface area contributed by atoms with Gasteiger partial charge in [-0.05, 0) is 28.8 Å². The third-order valence-corrected chi connectivity index (χ3v) is 6.47. The number of aromatic nitrogens is 1. The van der Waals surface area contributed by atoms with Crippen LogP contribution in [0, 0.1) is 0 Å². The van der Waals surface area contributed by atoms with Crippen LogP contribution in [0.2, 0.25) is 0 Å². The molecule has 0 bridgehead atoms. The highest BCUT2D eigenvalue weighted by Crippen LogP contribution is 2.28. The number of thiazole rings is 1. The molecule has 156 valence electrons. The number of anilines is 1. The van der Waals surface area contributed by atoms with E-state index in [1.54, 1.807) is 0 Å². The lowest BCUT2D eigenvalue weighted by Gasteiger charge is -2.06. The van der Waals surface area contributed by atoms with Gasteiger partial charge in [0.25, 0.3) is 0 Å². The summed E-state index contributed by atoms with van der Waals surface area (Å²) in [6.07, 6.45) is 0.341. The molecule has 0 aliphatic heterocycles. The average molecular weight is 445 g/mol. The van der Waals surface area contributed by atoms with Gasteiger partial charge < -0.3 is 5.32 Å². The predicted molar refractivity (Wildman–Crippen MR) is 133 cm³/mol. The first-order chi connectivity index (χ1) is 15.1. The number of carbonyl (C=O) groups excluding carboxylic acids is 1. The van der Waals surface area contributed by atoms with Gasteiger partial charge in [-0.1, -0.05) is 80.6 Å². The van der Waals surface area contributed by atoms with Gasteiger partial charge in [0.05, 0.1) is 12.1 Å². The number of amides is 1. The Bertz CT molecular complexity index is 1130. The molecule has 0 aliphatic rings. The number of carbonyl (C=O) groups is 1. The van der Waals surface area contributed by atoms with Gasteiger partial charge in [0.1, 0.15) is 0 Å². The highest BCUT2D eigenvalue weighted by Gasteiger charge is 2.10. The maximum absolute atomic E-state index is 12.4. The Morgan fingerprint density at radius 2 is 1.55 bits per heavy atom. The van der Waals surface area contributed by atoms with Gasteiger partial charge in [-0.3, -0.25) is 4.79 Å². The van der Waals surface area contributed by atoms with E-state index in [-0.39, 0.29) is 5.91 Å². The molecule has 4 aromatic rings. The summed E-state index contributed by atoms with van der Waals surface area (Å²) in [5.41, 5.74) is 5.27. The van der Waals surface area contributed by atoms with Gasteiger partial charge in [-0.2, -0.15) is 0 Å². The van der Waals surface area contributed by atoms with Crippen molar-refractivity contribution < 1.29 is 4.79 Å². The van der Waals surface area contributed by atoms with Crippen molar-refractivity contribution in [3.8, 4) is 22.4 Å². The number of benzene rings is 3. The molecule has 1 N–H and O–H groups in total. The largest absolute Gasteiger partial charge is 0.302 e. The van der Waals surface area contributed by atoms with Crippen molar-refractivity contribution in [3.63, 3.8) is 0 Å². The van der Waals surface area contributed by atoms with E-state index < -0.39 is 0 Å². The van der Waals surface area contributed by atoms with Crippen LogP contribution in [-0.4, -0.2) is 16.1 Å². The topological polar surface area (TPSA) is 42.0 Å². The van der Waals surface area contributed by atoms with Crippen LogP contribution >= 0.6 is 23.1 Å². The van der Waals surface area contributed by atoms with Crippen molar-refractivity contribution in [2.45, 2.75) is 30.4 Å². The summed E-state index contributed by atoms with van der Waals surface area (Å²) >= 11 is 3.27. The van der Waals surface area contributed by atoms with E-state index in [2.05, 4.69) is 72.7 Å². The molecule has 0 fully saturated rings. The fraction of sp³-hybridized carbons (Fsp3) is 0.154. The maximum Gasteiger partial charge on any atom is 0.230 e. The minimum atomic E-state index is -0.0513. The maximum atomic E-state index is 12.4. The second-order valence-electron chi connectivity index (χ2n) is 7.52. The molecule has 0 saturated heterocycles. The molecule has 3 aromatic carbocycles. The van der Waals surface area contributed by atoms with Crippen LogP contribution in [0.3, 0.4) is 0 Å². The summed E-state index contributed by atoms with van der Waals surface area (Å²) < 4.78 is 0. The number of nitrogens with zero attached hydrogens (tertiary/aromatic N) is 1. The van der Waals surface area contributed by atoms with Gasteiger partial charge in [-0.15, -0.1) is 23.1 Å². The zero-order valence-corrected chi connectivity index (χ0v) is 19.2. The van der Waals surface area contributed by atoms with Crippen LogP contribution in [0.15, 0.2) is 89.1 Å². The lowest BCUT2D eigenvalue weighted by atomic mass is 10.0. The van der Waals surface area contributed by atoms with Crippen molar-refractivity contribution >= 4 is 34.1 Å². The number of hydrogen-bond acceptors (Lipinski definition) is 4. The standard InChI is InChI=1S/C26H24N2OS2/c1-18(2)31-23-14-8-19(9-15-23)16-25(29)28-26-27-24(17-30-26)22-12-10-21(11-13-22)20-6-4-3-5-7-20/h3-15,17-18H,16H2,1-2H3,(H,27,28,29). The molecule has 4 rings (SSSR count). The van der Waals surface area contributed by atoms with Gasteiger partial charge >= 0.3 is 0 Å². The van der Waals surface area contributed by atoms with Crippen LogP contribution in [0.5, 0.6) is 0 Å². The summed E-state index contributed by atoms with van der Waals surface area (Å²) in [7, 11) is 0. The Hall–Kier alpha value is -2.89. The Morgan fingerprint density at radius 1 is 0.903 bits per heavy atom. The zero-order valence-electron chi connectivity index (χ0n) is 17.5. The lowest BCUT2D eigenvalue weighted by Crippen LogP contribution is -2.14. The number of rotatable bonds is 7. The van der Waals surface area contributed by atoms with E-state index in [0.717, 1.165) is 16.8 Å². The van der Waals surface area contributed by atoms with Crippen LogP contribution in [0.1, 0.15) is 19.4 Å². The van der Waals surface area contributed by atoms with Crippen molar-refractivity contribution in [1.29, 1.82) is 0 Å². The minimum Gasteiger partial charge on any atom is -0.302 e. The Balaban J connectivity index is 1.37. The Labute approximate surface area is 191 Å². The minimum absolute atomic E-state index is 0.0513. The fourth-order valence-electron chi connectivity index (χ4n) is 3.23. The molecule has 0 unspecified atom stereocenters. The molecule has 0 radical (unpaired) electrons. The molecule has 0 spiro atoms. The van der Waals surface area contributed by atoms with E-state index >= 15 is 0 Å². The molecule has 0 atom stereocenters. The van der Waals surface area contributed by atoms with Crippen molar-refractivity contribution in [3.05, 3.63) is 89.8 Å². The summed E-state index contributed by atoms with van der Waals surface area (Å²) in [4.78, 5) is 18.3. The van der Waals surface area contributed by atoms with Gasteiger partial charge in [0.15, 0.2) is 5.13 Å². The second kappa shape index (κ2) is 9.94. The molecule has 1 amide bonds. The van der Waals surface area contributed by atoms with Gasteiger partial charge in [0.2, 0.25) is 5.91 Å². The summed E-state index contributed by atoms with van der Waals surface area (Å²) in [5, 5.41) is 6.07. The Morgan fingerprint density at radius 3 is 2.23 bits per heavy atom. The van der Waals surface area contributed by atoms with E-state index in [1.165, 1.54) is 27.4 Å². The van der Waals surface area contributed by atoms with Gasteiger partial charge in [0, 0.05) is 21.1 Å². The summed E-state index contributed by atoms with van der Waals surface area (Å²) in [5.74, 6) is -0.0513. The van der Waals surface area contributed by atoms with E-state index in [4.69, 9.17) is 0 Å². The third-order valence-electron chi connectivity index (χ3n) is 4.70. The monoisotopic (exact) mass is 444 g/mol. The number of hydrogen-bond donors (Lipinski definition) is 1. The Kier molecular flexibility index (Phi) is 6.85.